The Hall–Kier alpha value is -0.830. The quantitative estimate of drug-likeness (QED) is 0.691. The Bertz CT molecular complexity index is 513. The standard InChI is InChI=1S/C18H30O2S/c1-6-11-21(19,20)13-16-7-9-17(10-8-16)18(15(4)5)12-14(2)3/h7-10,14-15,18H,6,11-13H2,1-5H3. The molecule has 0 spiro atoms. The van der Waals surface area contributed by atoms with E-state index in [0.717, 1.165) is 5.56 Å². The maximum atomic E-state index is 11.9. The largest absolute Gasteiger partial charge is 0.228 e. The van der Waals surface area contributed by atoms with Crippen LogP contribution >= 0.6 is 0 Å². The van der Waals surface area contributed by atoms with E-state index in [2.05, 4.69) is 39.8 Å². The molecule has 0 bridgehead atoms. The molecule has 1 atom stereocenters. The van der Waals surface area contributed by atoms with Crippen molar-refractivity contribution in [2.45, 2.75) is 59.1 Å². The lowest BCUT2D eigenvalue weighted by atomic mass is 9.82. The number of hydrogen-bond acceptors (Lipinski definition) is 2. The molecule has 0 heterocycles. The van der Waals surface area contributed by atoms with Crippen molar-refractivity contribution >= 4 is 9.84 Å². The van der Waals surface area contributed by atoms with Crippen molar-refractivity contribution < 1.29 is 8.42 Å². The third kappa shape index (κ3) is 6.21. The minimum Gasteiger partial charge on any atom is -0.228 e. The predicted molar refractivity (Wildman–Crippen MR) is 91.3 cm³/mol. The summed E-state index contributed by atoms with van der Waals surface area (Å²) in [4.78, 5) is 0. The second-order valence-electron chi connectivity index (χ2n) is 6.81. The molecule has 0 radical (unpaired) electrons. The van der Waals surface area contributed by atoms with Gasteiger partial charge in [0, 0.05) is 0 Å². The van der Waals surface area contributed by atoms with Crippen LogP contribution in [0.2, 0.25) is 0 Å². The molecule has 0 aliphatic rings. The summed E-state index contributed by atoms with van der Waals surface area (Å²) >= 11 is 0. The molecule has 1 rings (SSSR count). The van der Waals surface area contributed by atoms with Gasteiger partial charge in [-0.15, -0.1) is 0 Å². The topological polar surface area (TPSA) is 34.1 Å². The first kappa shape index (κ1) is 18.2. The molecule has 0 saturated heterocycles. The molecule has 0 amide bonds. The van der Waals surface area contributed by atoms with E-state index in [0.29, 0.717) is 24.2 Å². The normalized spacial score (nSPS) is 13.9. The van der Waals surface area contributed by atoms with Crippen LogP contribution in [0.5, 0.6) is 0 Å². The first-order chi connectivity index (χ1) is 9.75. The van der Waals surface area contributed by atoms with E-state index < -0.39 is 9.84 Å². The molecular formula is C18H30O2S. The second-order valence-corrected chi connectivity index (χ2v) is 9.00. The monoisotopic (exact) mass is 310 g/mol. The molecular weight excluding hydrogens is 280 g/mol. The van der Waals surface area contributed by atoms with Gasteiger partial charge >= 0.3 is 0 Å². The van der Waals surface area contributed by atoms with E-state index in [1.807, 2.05) is 19.1 Å². The van der Waals surface area contributed by atoms with Crippen LogP contribution in [0.25, 0.3) is 0 Å². The van der Waals surface area contributed by atoms with Gasteiger partial charge in [0.2, 0.25) is 0 Å². The van der Waals surface area contributed by atoms with Gasteiger partial charge in [0.25, 0.3) is 0 Å². The average molecular weight is 311 g/mol. The van der Waals surface area contributed by atoms with Crippen LogP contribution in [0, 0.1) is 11.8 Å². The van der Waals surface area contributed by atoms with Crippen molar-refractivity contribution in [1.82, 2.24) is 0 Å². The van der Waals surface area contributed by atoms with Crippen molar-refractivity contribution in [2.24, 2.45) is 11.8 Å². The summed E-state index contributed by atoms with van der Waals surface area (Å²) in [6.07, 6.45) is 1.86. The lowest BCUT2D eigenvalue weighted by Gasteiger charge is -2.23. The Morgan fingerprint density at radius 1 is 1.00 bits per heavy atom. The van der Waals surface area contributed by atoms with E-state index in [4.69, 9.17) is 0 Å². The lowest BCUT2D eigenvalue weighted by molar-refractivity contribution is 0.408. The van der Waals surface area contributed by atoms with Gasteiger partial charge < -0.3 is 0 Å². The molecule has 1 aromatic rings. The van der Waals surface area contributed by atoms with Gasteiger partial charge in [0.1, 0.15) is 0 Å². The Morgan fingerprint density at radius 3 is 2.00 bits per heavy atom. The summed E-state index contributed by atoms with van der Waals surface area (Å²) in [6, 6.07) is 8.20. The average Bonchev–Trinajstić information content (AvgIpc) is 2.36. The molecule has 0 aliphatic carbocycles. The fourth-order valence-corrected chi connectivity index (χ4v) is 4.27. The number of sulfone groups is 1. The molecule has 0 aliphatic heterocycles. The summed E-state index contributed by atoms with van der Waals surface area (Å²) in [5, 5.41) is 0. The Morgan fingerprint density at radius 2 is 1.57 bits per heavy atom. The first-order valence-electron chi connectivity index (χ1n) is 8.04. The van der Waals surface area contributed by atoms with Crippen LogP contribution in [0.3, 0.4) is 0 Å². The molecule has 120 valence electrons. The number of rotatable bonds is 8. The van der Waals surface area contributed by atoms with Gasteiger partial charge in [-0.25, -0.2) is 8.42 Å². The SMILES string of the molecule is CCCS(=O)(=O)Cc1ccc(C(CC(C)C)C(C)C)cc1. The van der Waals surface area contributed by atoms with Gasteiger partial charge in [-0.2, -0.15) is 0 Å². The van der Waals surface area contributed by atoms with Crippen LogP contribution in [-0.4, -0.2) is 14.2 Å². The molecule has 0 fully saturated rings. The highest BCUT2D eigenvalue weighted by Gasteiger charge is 2.18. The molecule has 1 aromatic carbocycles. The fraction of sp³-hybridized carbons (Fsp3) is 0.667. The van der Waals surface area contributed by atoms with E-state index in [9.17, 15) is 8.42 Å². The van der Waals surface area contributed by atoms with Gasteiger partial charge in [-0.3, -0.25) is 0 Å². The highest BCUT2D eigenvalue weighted by molar-refractivity contribution is 7.90. The maximum Gasteiger partial charge on any atom is 0.154 e. The summed E-state index contributed by atoms with van der Waals surface area (Å²) < 4.78 is 23.7. The molecule has 1 unspecified atom stereocenters. The Labute approximate surface area is 130 Å². The molecule has 0 saturated carbocycles. The highest BCUT2D eigenvalue weighted by atomic mass is 32.2. The zero-order chi connectivity index (χ0) is 16.0. The minimum absolute atomic E-state index is 0.164. The van der Waals surface area contributed by atoms with Crippen LogP contribution in [0.15, 0.2) is 24.3 Å². The van der Waals surface area contributed by atoms with Gasteiger partial charge in [-0.1, -0.05) is 58.9 Å². The second kappa shape index (κ2) is 7.98. The van der Waals surface area contributed by atoms with Crippen LogP contribution in [0.1, 0.15) is 64.5 Å². The van der Waals surface area contributed by atoms with Crippen LogP contribution in [-0.2, 0) is 15.6 Å². The number of hydrogen-bond donors (Lipinski definition) is 0. The summed E-state index contributed by atoms with van der Waals surface area (Å²) in [5.41, 5.74) is 2.23. The zero-order valence-corrected chi connectivity index (χ0v) is 14.9. The van der Waals surface area contributed by atoms with Crippen LogP contribution in [0.4, 0.5) is 0 Å². The number of benzene rings is 1. The maximum absolute atomic E-state index is 11.9. The molecule has 2 nitrogen and oxygen atoms in total. The third-order valence-electron chi connectivity index (χ3n) is 3.84. The third-order valence-corrected chi connectivity index (χ3v) is 5.64. The minimum atomic E-state index is -2.95. The van der Waals surface area contributed by atoms with E-state index >= 15 is 0 Å². The molecule has 21 heavy (non-hydrogen) atoms. The Balaban J connectivity index is 2.85. The highest BCUT2D eigenvalue weighted by Crippen LogP contribution is 2.31. The molecule has 0 aromatic heterocycles. The predicted octanol–water partition coefficient (Wildman–Crippen LogP) is 4.80. The lowest BCUT2D eigenvalue weighted by Crippen LogP contribution is -2.11. The molecule has 0 N–H and O–H groups in total. The van der Waals surface area contributed by atoms with Gasteiger partial charge in [-0.05, 0) is 41.7 Å². The smallest absolute Gasteiger partial charge is 0.154 e. The fourth-order valence-electron chi connectivity index (χ4n) is 2.80. The van der Waals surface area contributed by atoms with Crippen molar-refractivity contribution in [2.75, 3.05) is 5.75 Å². The Kier molecular flexibility index (Phi) is 6.92. The van der Waals surface area contributed by atoms with E-state index in [1.165, 1.54) is 12.0 Å². The van der Waals surface area contributed by atoms with Crippen molar-refractivity contribution in [3.63, 3.8) is 0 Å². The van der Waals surface area contributed by atoms with E-state index in [1.54, 1.807) is 0 Å². The molecule has 3 heteroatoms. The zero-order valence-electron chi connectivity index (χ0n) is 14.1. The van der Waals surface area contributed by atoms with Crippen molar-refractivity contribution in [1.29, 1.82) is 0 Å². The van der Waals surface area contributed by atoms with Crippen LogP contribution < -0.4 is 0 Å². The summed E-state index contributed by atoms with van der Waals surface area (Å²) in [7, 11) is -2.95. The summed E-state index contributed by atoms with van der Waals surface area (Å²) in [6.45, 7) is 10.9. The van der Waals surface area contributed by atoms with Crippen molar-refractivity contribution in [3.05, 3.63) is 35.4 Å². The van der Waals surface area contributed by atoms with Crippen molar-refractivity contribution in [3.8, 4) is 0 Å². The summed E-state index contributed by atoms with van der Waals surface area (Å²) in [5.74, 6) is 2.25. The van der Waals surface area contributed by atoms with Gasteiger partial charge in [0.15, 0.2) is 9.84 Å². The van der Waals surface area contributed by atoms with E-state index in [-0.39, 0.29) is 11.5 Å². The first-order valence-corrected chi connectivity index (χ1v) is 9.86. The van der Waals surface area contributed by atoms with Gasteiger partial charge in [0.05, 0.1) is 11.5 Å².